The maximum absolute atomic E-state index is 6.32. The van der Waals surface area contributed by atoms with Crippen LogP contribution in [-0.2, 0) is 0 Å². The summed E-state index contributed by atoms with van der Waals surface area (Å²) in [5.74, 6) is 5.25. The highest BCUT2D eigenvalue weighted by molar-refractivity contribution is 6.20. The number of hydrogen-bond acceptors (Lipinski definition) is 12. The van der Waals surface area contributed by atoms with Crippen molar-refractivity contribution in [1.29, 1.82) is 0 Å². The second-order valence-electron chi connectivity index (χ2n) is 39.2. The molecule has 0 atom stereocenters. The van der Waals surface area contributed by atoms with Crippen molar-refractivity contribution in [3.05, 3.63) is 291 Å². The maximum atomic E-state index is 6.32. The van der Waals surface area contributed by atoms with Crippen molar-refractivity contribution in [2.24, 2.45) is 0 Å². The Morgan fingerprint density at radius 2 is 0.215 bits per heavy atom. The lowest BCUT2D eigenvalue weighted by Gasteiger charge is -2.18. The molecule has 0 spiro atoms. The van der Waals surface area contributed by atoms with E-state index in [2.05, 4.69) is 333 Å². The van der Waals surface area contributed by atoms with Crippen molar-refractivity contribution in [3.63, 3.8) is 0 Å². The van der Waals surface area contributed by atoms with Crippen molar-refractivity contribution in [2.75, 3.05) is 39.6 Å². The lowest BCUT2D eigenvalue weighted by atomic mass is 9.97. The second-order valence-corrected chi connectivity index (χ2v) is 39.2. The van der Waals surface area contributed by atoms with Gasteiger partial charge >= 0.3 is 0 Å². The fourth-order valence-electron chi connectivity index (χ4n) is 19.3. The van der Waals surface area contributed by atoms with E-state index in [1.807, 2.05) is 0 Å². The molecule has 0 N–H and O–H groups in total. The van der Waals surface area contributed by atoms with Crippen LogP contribution in [0.4, 0.5) is 0 Å². The molecule has 0 saturated heterocycles. The van der Waals surface area contributed by atoms with Gasteiger partial charge in [0.25, 0.3) is 0 Å². The molecule has 0 aliphatic carbocycles. The van der Waals surface area contributed by atoms with E-state index < -0.39 is 0 Å². The summed E-state index contributed by atoms with van der Waals surface area (Å²) in [5.41, 5.74) is 25.3. The molecule has 0 aliphatic heterocycles. The highest BCUT2D eigenvalue weighted by Crippen LogP contribution is 2.45. The minimum absolute atomic E-state index is 0.531. The van der Waals surface area contributed by atoms with Crippen molar-refractivity contribution >= 4 is 33.1 Å². The van der Waals surface area contributed by atoms with Crippen LogP contribution >= 0.6 is 0 Å². The third kappa shape index (κ3) is 29.1. The zero-order valence-corrected chi connectivity index (χ0v) is 86.5. The normalized spacial score (nSPS) is 11.5. The van der Waals surface area contributed by atoms with Gasteiger partial charge in [0, 0.05) is 33.4 Å². The van der Waals surface area contributed by atoms with E-state index in [0.29, 0.717) is 107 Å². The number of rotatable bonds is 60. The largest absolute Gasteiger partial charge is 0.494 e. The zero-order chi connectivity index (χ0) is 98.9. The fourth-order valence-corrected chi connectivity index (χ4v) is 19.3. The van der Waals surface area contributed by atoms with Gasteiger partial charge in [-0.25, -0.2) is 29.9 Å². The molecule has 144 heavy (non-hydrogen) atoms. The van der Waals surface area contributed by atoms with E-state index in [9.17, 15) is 0 Å². The summed E-state index contributed by atoms with van der Waals surface area (Å²) >= 11 is 0. The molecule has 12 heteroatoms. The van der Waals surface area contributed by atoms with Crippen LogP contribution in [0.1, 0.15) is 273 Å². The minimum atomic E-state index is 0.531. The van der Waals surface area contributed by atoms with Gasteiger partial charge in [0.05, 0.1) is 73.8 Å². The third-order valence-electron chi connectivity index (χ3n) is 28.0. The lowest BCUT2D eigenvalue weighted by Crippen LogP contribution is -2.04. The van der Waals surface area contributed by atoms with E-state index in [1.54, 1.807) is 0 Å². The van der Waals surface area contributed by atoms with Crippen molar-refractivity contribution in [1.82, 2.24) is 29.9 Å². The van der Waals surface area contributed by atoms with Crippen molar-refractivity contribution in [2.45, 2.75) is 273 Å². The number of ether oxygens (including phenoxy) is 6. The van der Waals surface area contributed by atoms with Gasteiger partial charge in [0.2, 0.25) is 0 Å². The Bertz CT molecular complexity index is 5490. The lowest BCUT2D eigenvalue weighted by molar-refractivity contribution is 0.304. The number of benzene rings is 13. The Kier molecular flexibility index (Phi) is 39.9. The summed E-state index contributed by atoms with van der Waals surface area (Å²) in [7, 11) is 0. The molecule has 12 nitrogen and oxygen atoms in total. The summed E-state index contributed by atoms with van der Waals surface area (Å²) in [6.45, 7) is 17.8. The van der Waals surface area contributed by atoms with E-state index >= 15 is 0 Å². The number of aromatic nitrogens is 6. The quantitative estimate of drug-likeness (QED) is 0.0265. The summed E-state index contributed by atoms with van der Waals surface area (Å²) in [6, 6.07) is 104. The standard InChI is InChI=1S/C132H150N6O6/c1-7-13-19-25-31-37-91-139-115-79-67-103(68-80-115)97-43-55-109(56-44-97)121-122(110-57-45-98(46-58-110)104-69-81-116(82-70-104)140-92-38-32-26-20-14-8-2)134-128-127(133-121)129-131(137-124(112-61-49-100(50-62-112)106-73-85-118(86-74-106)142-94-40-34-28-22-16-10-4)123(135-129)111-59-47-99(48-60-111)105-71-83-117(84-72-105)141-93-39-33-27-21-15-9-3)132-130(128)136-125(113-63-51-101(52-64-113)107-75-87-119(88-76-107)143-95-41-35-29-23-17-11-5)126(138-132)114-65-53-102(54-66-114)108-77-89-120(90-78-108)144-96-42-36-30-24-18-12-6/h43-90H,7-42,91-96H2,1-6H3. The van der Waals surface area contributed by atoms with E-state index in [0.717, 1.165) is 173 Å². The predicted octanol–water partition coefficient (Wildman–Crippen LogP) is 38.0. The first-order valence-electron chi connectivity index (χ1n) is 55.0. The minimum Gasteiger partial charge on any atom is -0.494 e. The van der Waals surface area contributed by atoms with Gasteiger partial charge in [-0.05, 0) is 178 Å². The Morgan fingerprint density at radius 3 is 0.333 bits per heavy atom. The molecule has 0 amide bonds. The average molecular weight is 1920 g/mol. The molecule has 3 heterocycles. The first-order chi connectivity index (χ1) is 71.2. The van der Waals surface area contributed by atoms with Crippen LogP contribution < -0.4 is 28.4 Å². The molecule has 0 fully saturated rings. The molecule has 0 saturated carbocycles. The highest BCUT2D eigenvalue weighted by Gasteiger charge is 2.28. The van der Waals surface area contributed by atoms with Crippen LogP contribution in [0.2, 0.25) is 0 Å². The van der Waals surface area contributed by atoms with Gasteiger partial charge in [-0.3, -0.25) is 0 Å². The SMILES string of the molecule is CCCCCCCCOc1ccc(-c2ccc(-c3nc4c5nc(-c6ccc(-c7ccc(OCCCCCCCC)cc7)cc6)c(-c6ccc(-c7ccc(OCCCCCCCC)cc7)cc6)nc5c5nc(-c6ccc(-c7ccc(OCCCCCCCC)cc7)cc6)c(-c6ccc(-c7ccc(OCCCCCCCC)cc7)cc6)nc5c4nc3-c3ccc(-c4ccc(OCCCCCCCC)cc4)cc3)cc2)cc1. The average Bonchev–Trinajstić information content (AvgIpc) is 0.710. The Morgan fingerprint density at radius 1 is 0.118 bits per heavy atom. The Labute approximate surface area is 858 Å². The summed E-state index contributed by atoms with van der Waals surface area (Å²) in [5, 5.41) is 0. The topological polar surface area (TPSA) is 133 Å². The van der Waals surface area contributed by atoms with Crippen molar-refractivity contribution < 1.29 is 28.4 Å². The molecular formula is C132H150N6O6. The maximum Gasteiger partial charge on any atom is 0.120 e. The fraction of sp³-hybridized carbons (Fsp3) is 0.364. The molecule has 16 rings (SSSR count). The van der Waals surface area contributed by atoms with Gasteiger partial charge in [-0.2, -0.15) is 0 Å². The van der Waals surface area contributed by atoms with Crippen LogP contribution in [0.5, 0.6) is 34.5 Å². The molecule has 0 aliphatic rings. The van der Waals surface area contributed by atoms with Gasteiger partial charge in [-0.15, -0.1) is 0 Å². The first kappa shape index (κ1) is 104. The molecule has 0 radical (unpaired) electrons. The molecule has 0 bridgehead atoms. The van der Waals surface area contributed by atoms with E-state index in [-0.39, 0.29) is 0 Å². The van der Waals surface area contributed by atoms with Crippen LogP contribution in [-0.4, -0.2) is 69.5 Å². The monoisotopic (exact) mass is 1920 g/mol. The molecule has 0 unspecified atom stereocenters. The Hall–Kier alpha value is -13.3. The highest BCUT2D eigenvalue weighted by atomic mass is 16.5. The van der Waals surface area contributed by atoms with Crippen molar-refractivity contribution in [3.8, 4) is 169 Å². The van der Waals surface area contributed by atoms with Gasteiger partial charge < -0.3 is 28.4 Å². The predicted molar refractivity (Wildman–Crippen MR) is 604 cm³/mol. The van der Waals surface area contributed by atoms with Crippen LogP contribution in [0.25, 0.3) is 167 Å². The number of nitrogens with zero attached hydrogens (tertiary/aromatic N) is 6. The molecular weight excluding hydrogens is 1770 g/mol. The van der Waals surface area contributed by atoms with Crippen LogP contribution in [0.3, 0.4) is 0 Å². The molecule has 13 aromatic carbocycles. The van der Waals surface area contributed by atoms with Gasteiger partial charge in [-0.1, -0.05) is 453 Å². The summed E-state index contributed by atoms with van der Waals surface area (Å²) < 4.78 is 37.9. The van der Waals surface area contributed by atoms with Crippen LogP contribution in [0.15, 0.2) is 291 Å². The van der Waals surface area contributed by atoms with E-state index in [4.69, 9.17) is 58.3 Å². The van der Waals surface area contributed by atoms with Crippen LogP contribution in [0, 0.1) is 0 Å². The summed E-state index contributed by atoms with van der Waals surface area (Å²) in [4.78, 5) is 36.5. The molecule has 16 aromatic rings. The van der Waals surface area contributed by atoms with E-state index in [1.165, 1.54) is 193 Å². The zero-order valence-electron chi connectivity index (χ0n) is 86.5. The smallest absolute Gasteiger partial charge is 0.120 e. The first-order valence-corrected chi connectivity index (χ1v) is 55.0. The number of fused-ring (bicyclic) bond motifs is 6. The Balaban J connectivity index is 0.868. The molecule has 744 valence electrons. The van der Waals surface area contributed by atoms with Gasteiger partial charge in [0.15, 0.2) is 0 Å². The third-order valence-corrected chi connectivity index (χ3v) is 28.0. The molecule has 3 aromatic heterocycles. The summed E-state index contributed by atoms with van der Waals surface area (Å²) in [6.07, 6.45) is 43.6. The number of unbranched alkanes of at least 4 members (excludes halogenated alkanes) is 30. The number of hydrogen-bond donors (Lipinski definition) is 0. The van der Waals surface area contributed by atoms with Gasteiger partial charge in [0.1, 0.15) is 67.6 Å². The second kappa shape index (κ2) is 55.5.